The molecule has 0 bridgehead atoms. The first-order chi connectivity index (χ1) is 21.9. The number of hydrogen-bond acceptors (Lipinski definition) is 6. The number of hydrogen-bond donors (Lipinski definition) is 0. The Bertz CT molecular complexity index is 1340. The number of carbonyl (C=O) groups excluding carboxylic acids is 1. The number of methoxy groups -OCH3 is 1. The van der Waals surface area contributed by atoms with Crippen LogP contribution in [-0.2, 0) is 30.0 Å². The van der Waals surface area contributed by atoms with E-state index in [0.717, 1.165) is 17.7 Å². The van der Waals surface area contributed by atoms with Crippen LogP contribution in [0.2, 0.25) is 5.04 Å². The van der Waals surface area contributed by atoms with Crippen LogP contribution in [0.5, 0.6) is 5.75 Å². The van der Waals surface area contributed by atoms with Crippen LogP contribution < -0.4 is 15.1 Å². The molecular weight excluding hydrogens is 593 g/mol. The molecular formula is C39H52O6Si. The van der Waals surface area contributed by atoms with E-state index in [4.69, 9.17) is 23.4 Å². The molecule has 0 radical (unpaired) electrons. The van der Waals surface area contributed by atoms with Crippen LogP contribution in [0.15, 0.2) is 97.1 Å². The number of ether oxygens (including phenoxy) is 4. The van der Waals surface area contributed by atoms with Crippen molar-refractivity contribution in [3.8, 4) is 5.75 Å². The Kier molecular flexibility index (Phi) is 12.6. The Labute approximate surface area is 277 Å². The zero-order valence-electron chi connectivity index (χ0n) is 28.7. The molecule has 1 aliphatic rings. The maximum atomic E-state index is 12.7. The highest BCUT2D eigenvalue weighted by Crippen LogP contribution is 2.37. The molecule has 1 heterocycles. The SMILES string of the molecule is COc1ccc(CO[C@@H](C/C=C/C(=O)C[C@@H]2COC(C)(C)O2)C[C@@H](C)CO[Si](c2ccccc2)(c2ccccc2)C(C)(C)C)cc1. The van der Waals surface area contributed by atoms with Gasteiger partial charge in [0.2, 0.25) is 0 Å². The standard InChI is InChI=1S/C39H52O6Si/c1-30(27-44-46(38(2,3)4,36-17-10-8-11-18-36)37-19-12-9-13-20-37)25-34(42-28-31-21-23-33(41-7)24-22-31)16-14-15-32(40)26-35-29-43-39(5,6)45-35/h8-15,17-24,30,34-35H,16,25-29H2,1-7H3/b15-14+/t30-,34+,35-/m1/s1. The van der Waals surface area contributed by atoms with Gasteiger partial charge in [0.25, 0.3) is 8.32 Å². The lowest BCUT2D eigenvalue weighted by Gasteiger charge is -2.43. The highest BCUT2D eigenvalue weighted by molar-refractivity contribution is 6.99. The van der Waals surface area contributed by atoms with Crippen molar-refractivity contribution in [3.63, 3.8) is 0 Å². The molecule has 3 atom stereocenters. The summed E-state index contributed by atoms with van der Waals surface area (Å²) in [6.07, 6.45) is 5.03. The van der Waals surface area contributed by atoms with E-state index in [1.807, 2.05) is 44.2 Å². The Morgan fingerprint density at radius 1 is 0.978 bits per heavy atom. The monoisotopic (exact) mass is 644 g/mol. The first-order valence-corrected chi connectivity index (χ1v) is 18.3. The molecule has 1 saturated heterocycles. The van der Waals surface area contributed by atoms with Crippen LogP contribution in [0.3, 0.4) is 0 Å². The minimum absolute atomic E-state index is 0.0308. The third-order valence-corrected chi connectivity index (χ3v) is 13.5. The van der Waals surface area contributed by atoms with Gasteiger partial charge in [0, 0.05) is 13.0 Å². The van der Waals surface area contributed by atoms with E-state index in [9.17, 15) is 4.79 Å². The quantitative estimate of drug-likeness (QED) is 0.121. The fraction of sp³-hybridized carbons (Fsp3) is 0.462. The fourth-order valence-electron chi connectivity index (χ4n) is 6.22. The van der Waals surface area contributed by atoms with Crippen molar-refractivity contribution in [2.45, 2.75) is 90.4 Å². The summed E-state index contributed by atoms with van der Waals surface area (Å²) < 4.78 is 30.5. The van der Waals surface area contributed by atoms with Gasteiger partial charge in [0.05, 0.1) is 32.5 Å². The van der Waals surface area contributed by atoms with E-state index < -0.39 is 14.1 Å². The number of carbonyl (C=O) groups is 1. The number of benzene rings is 3. The van der Waals surface area contributed by atoms with E-state index in [1.165, 1.54) is 10.4 Å². The Morgan fingerprint density at radius 2 is 1.59 bits per heavy atom. The normalized spacial score (nSPS) is 18.0. The van der Waals surface area contributed by atoms with Crippen LogP contribution in [0, 0.1) is 5.92 Å². The zero-order valence-corrected chi connectivity index (χ0v) is 29.7. The molecule has 1 aliphatic heterocycles. The van der Waals surface area contributed by atoms with E-state index in [-0.39, 0.29) is 28.9 Å². The van der Waals surface area contributed by atoms with Gasteiger partial charge in [0.15, 0.2) is 11.6 Å². The Morgan fingerprint density at radius 3 is 2.11 bits per heavy atom. The number of allylic oxidation sites excluding steroid dienone is 1. The number of rotatable bonds is 16. The molecule has 1 fully saturated rings. The first-order valence-electron chi connectivity index (χ1n) is 16.4. The molecule has 4 rings (SSSR count). The predicted molar refractivity (Wildman–Crippen MR) is 187 cm³/mol. The molecule has 0 amide bonds. The van der Waals surface area contributed by atoms with Crippen LogP contribution in [0.25, 0.3) is 0 Å². The van der Waals surface area contributed by atoms with Crippen molar-refractivity contribution < 1.29 is 28.2 Å². The van der Waals surface area contributed by atoms with Crippen molar-refractivity contribution in [3.05, 3.63) is 103 Å². The maximum absolute atomic E-state index is 12.7. The summed E-state index contributed by atoms with van der Waals surface area (Å²) >= 11 is 0. The Balaban J connectivity index is 1.47. The number of ketones is 1. The minimum Gasteiger partial charge on any atom is -0.497 e. The molecule has 0 spiro atoms. The van der Waals surface area contributed by atoms with Gasteiger partial charge in [-0.3, -0.25) is 4.79 Å². The van der Waals surface area contributed by atoms with Crippen LogP contribution in [0.1, 0.15) is 66.4 Å². The second kappa shape index (κ2) is 16.2. The third-order valence-electron chi connectivity index (χ3n) is 8.51. The summed E-state index contributed by atoms with van der Waals surface area (Å²) in [5.41, 5.74) is 1.07. The lowest BCUT2D eigenvalue weighted by atomic mass is 10.0. The minimum atomic E-state index is -2.65. The molecule has 7 heteroatoms. The van der Waals surface area contributed by atoms with Crippen molar-refractivity contribution >= 4 is 24.5 Å². The predicted octanol–water partition coefficient (Wildman–Crippen LogP) is 7.24. The molecule has 3 aromatic carbocycles. The van der Waals surface area contributed by atoms with Gasteiger partial charge < -0.3 is 23.4 Å². The van der Waals surface area contributed by atoms with Crippen molar-refractivity contribution in [2.75, 3.05) is 20.3 Å². The molecule has 3 aromatic rings. The highest BCUT2D eigenvalue weighted by atomic mass is 28.4. The van der Waals surface area contributed by atoms with E-state index >= 15 is 0 Å². The molecule has 0 aliphatic carbocycles. The molecule has 6 nitrogen and oxygen atoms in total. The zero-order chi connectivity index (χ0) is 33.2. The van der Waals surface area contributed by atoms with Crippen LogP contribution in [0.4, 0.5) is 0 Å². The highest BCUT2D eigenvalue weighted by Gasteiger charge is 2.50. The topological polar surface area (TPSA) is 63.2 Å². The lowest BCUT2D eigenvalue weighted by molar-refractivity contribution is -0.141. The van der Waals surface area contributed by atoms with Gasteiger partial charge in [-0.15, -0.1) is 0 Å². The van der Waals surface area contributed by atoms with Crippen LogP contribution in [-0.4, -0.2) is 52.4 Å². The van der Waals surface area contributed by atoms with Crippen molar-refractivity contribution in [1.29, 1.82) is 0 Å². The molecule has 0 N–H and O–H groups in total. The average Bonchev–Trinajstić information content (AvgIpc) is 3.38. The van der Waals surface area contributed by atoms with E-state index in [0.29, 0.717) is 32.7 Å². The largest absolute Gasteiger partial charge is 0.497 e. The fourth-order valence-corrected chi connectivity index (χ4v) is 10.9. The van der Waals surface area contributed by atoms with Crippen molar-refractivity contribution in [2.24, 2.45) is 5.92 Å². The molecule has 46 heavy (non-hydrogen) atoms. The summed E-state index contributed by atoms with van der Waals surface area (Å²) in [6, 6.07) is 29.4. The summed E-state index contributed by atoms with van der Waals surface area (Å²) in [4.78, 5) is 12.7. The summed E-state index contributed by atoms with van der Waals surface area (Å²) in [7, 11) is -0.981. The van der Waals surface area contributed by atoms with Gasteiger partial charge in [-0.25, -0.2) is 0 Å². The smallest absolute Gasteiger partial charge is 0.261 e. The Hall–Kier alpha value is -3.07. The second-order valence-corrected chi connectivity index (χ2v) is 18.2. The van der Waals surface area contributed by atoms with Gasteiger partial charge in [0.1, 0.15) is 5.75 Å². The van der Waals surface area contributed by atoms with E-state index in [2.05, 4.69) is 88.4 Å². The first kappa shape index (κ1) is 35.8. The third kappa shape index (κ3) is 9.72. The van der Waals surface area contributed by atoms with Gasteiger partial charge in [-0.2, -0.15) is 0 Å². The van der Waals surface area contributed by atoms with Crippen molar-refractivity contribution in [1.82, 2.24) is 0 Å². The molecule has 0 aromatic heterocycles. The molecule has 248 valence electrons. The molecule has 0 unspecified atom stereocenters. The average molecular weight is 645 g/mol. The summed E-state index contributed by atoms with van der Waals surface area (Å²) in [6.45, 7) is 14.4. The van der Waals surface area contributed by atoms with Crippen LogP contribution >= 0.6 is 0 Å². The van der Waals surface area contributed by atoms with Gasteiger partial charge >= 0.3 is 0 Å². The van der Waals surface area contributed by atoms with Gasteiger partial charge in [-0.05, 0) is 71.8 Å². The summed E-state index contributed by atoms with van der Waals surface area (Å²) in [5.74, 6) is 0.430. The van der Waals surface area contributed by atoms with Gasteiger partial charge in [-0.1, -0.05) is 107 Å². The van der Waals surface area contributed by atoms with E-state index in [1.54, 1.807) is 13.2 Å². The summed E-state index contributed by atoms with van der Waals surface area (Å²) in [5, 5.41) is 2.45. The second-order valence-electron chi connectivity index (χ2n) is 13.9. The maximum Gasteiger partial charge on any atom is 0.261 e. The lowest BCUT2D eigenvalue weighted by Crippen LogP contribution is -2.66. The molecule has 0 saturated carbocycles.